The van der Waals surface area contributed by atoms with Gasteiger partial charge in [-0.05, 0) is 60.9 Å². The van der Waals surface area contributed by atoms with Crippen LogP contribution in [-0.4, -0.2) is 33.2 Å². The molecule has 0 radical (unpaired) electrons. The zero-order valence-corrected chi connectivity index (χ0v) is 15.8. The molecule has 148 valence electrons. The number of benzene rings is 2. The van der Waals surface area contributed by atoms with Crippen LogP contribution < -0.4 is 15.4 Å². The minimum Gasteiger partial charge on any atom is -0.494 e. The molecule has 2 aromatic carbocycles. The summed E-state index contributed by atoms with van der Waals surface area (Å²) >= 11 is 0. The van der Waals surface area contributed by atoms with Crippen LogP contribution in [0.15, 0.2) is 55.1 Å². The molecule has 4 rings (SSSR count). The number of fused-ring (bicyclic) bond motifs is 1. The van der Waals surface area contributed by atoms with E-state index < -0.39 is 0 Å². The highest BCUT2D eigenvalue weighted by Gasteiger charge is 2.15. The fourth-order valence-electron chi connectivity index (χ4n) is 3.13. The number of hydrogen-bond acceptors (Lipinski definition) is 5. The van der Waals surface area contributed by atoms with Crippen LogP contribution in [0.3, 0.4) is 0 Å². The van der Waals surface area contributed by atoms with Crippen molar-refractivity contribution in [3.8, 4) is 11.4 Å². The number of rotatable bonds is 7. The second-order valence-electron chi connectivity index (χ2n) is 6.75. The van der Waals surface area contributed by atoms with Crippen molar-refractivity contribution in [3.05, 3.63) is 60.7 Å². The predicted octanol–water partition coefficient (Wildman–Crippen LogP) is 2.95. The van der Waals surface area contributed by atoms with Crippen molar-refractivity contribution in [2.75, 3.05) is 17.2 Å². The summed E-state index contributed by atoms with van der Waals surface area (Å²) in [5, 5.41) is 9.79. The van der Waals surface area contributed by atoms with Gasteiger partial charge in [-0.15, -0.1) is 0 Å². The Labute approximate surface area is 167 Å². The summed E-state index contributed by atoms with van der Waals surface area (Å²) in [7, 11) is 0. The molecule has 0 aliphatic carbocycles. The number of ether oxygens (including phenoxy) is 1. The van der Waals surface area contributed by atoms with Crippen LogP contribution in [0.2, 0.25) is 0 Å². The number of carbonyl (C=O) groups excluding carboxylic acids is 2. The first-order chi connectivity index (χ1) is 14.2. The molecule has 3 aromatic rings. The van der Waals surface area contributed by atoms with Gasteiger partial charge in [0.2, 0.25) is 11.8 Å². The molecular formula is C21H21N5O3. The quantitative estimate of drug-likeness (QED) is 0.604. The number of aromatic nitrogens is 3. The van der Waals surface area contributed by atoms with E-state index in [1.165, 1.54) is 6.33 Å². The van der Waals surface area contributed by atoms with Gasteiger partial charge in [0, 0.05) is 24.2 Å². The highest BCUT2D eigenvalue weighted by Crippen LogP contribution is 2.26. The van der Waals surface area contributed by atoms with Crippen molar-refractivity contribution in [3.63, 3.8) is 0 Å². The molecule has 2 N–H and O–H groups in total. The summed E-state index contributed by atoms with van der Waals surface area (Å²) in [6, 6.07) is 13.0. The summed E-state index contributed by atoms with van der Waals surface area (Å²) < 4.78 is 7.40. The highest BCUT2D eigenvalue weighted by atomic mass is 16.5. The van der Waals surface area contributed by atoms with Crippen LogP contribution in [0, 0.1) is 0 Å². The van der Waals surface area contributed by atoms with Crippen LogP contribution in [0.5, 0.6) is 5.75 Å². The van der Waals surface area contributed by atoms with E-state index in [1.807, 2.05) is 42.5 Å². The van der Waals surface area contributed by atoms with E-state index in [9.17, 15) is 9.59 Å². The monoisotopic (exact) mass is 391 g/mol. The lowest BCUT2D eigenvalue weighted by atomic mass is 10.0. The SMILES string of the molecule is O=C(CCCOc1ccc2c(c1)CCC(=O)N2)Nc1ccc(-n2cncn2)cc1. The second kappa shape index (κ2) is 8.55. The van der Waals surface area contributed by atoms with E-state index in [-0.39, 0.29) is 11.8 Å². The fraction of sp³-hybridized carbons (Fsp3) is 0.238. The smallest absolute Gasteiger partial charge is 0.224 e. The number of nitrogens with one attached hydrogen (secondary N) is 2. The van der Waals surface area contributed by atoms with Crippen molar-refractivity contribution in [1.29, 1.82) is 0 Å². The Hall–Kier alpha value is -3.68. The van der Waals surface area contributed by atoms with Crippen molar-refractivity contribution in [1.82, 2.24) is 14.8 Å². The molecule has 0 fully saturated rings. The van der Waals surface area contributed by atoms with Gasteiger partial charge in [0.05, 0.1) is 12.3 Å². The van der Waals surface area contributed by atoms with Crippen LogP contribution in [0.25, 0.3) is 5.69 Å². The molecule has 0 spiro atoms. The third-order valence-electron chi connectivity index (χ3n) is 4.62. The Balaban J connectivity index is 1.21. The second-order valence-corrected chi connectivity index (χ2v) is 6.75. The predicted molar refractivity (Wildman–Crippen MR) is 108 cm³/mol. The Bertz CT molecular complexity index is 1000. The minimum atomic E-state index is -0.0599. The van der Waals surface area contributed by atoms with Crippen LogP contribution in [0.1, 0.15) is 24.8 Å². The average Bonchev–Trinajstić information content (AvgIpc) is 3.27. The van der Waals surface area contributed by atoms with Gasteiger partial charge >= 0.3 is 0 Å². The van der Waals surface area contributed by atoms with E-state index in [0.29, 0.717) is 25.9 Å². The zero-order valence-electron chi connectivity index (χ0n) is 15.8. The number of aryl methyl sites for hydroxylation is 1. The van der Waals surface area contributed by atoms with Gasteiger partial charge < -0.3 is 15.4 Å². The van der Waals surface area contributed by atoms with Gasteiger partial charge in [-0.25, -0.2) is 9.67 Å². The van der Waals surface area contributed by atoms with E-state index in [0.717, 1.165) is 34.8 Å². The Morgan fingerprint density at radius 1 is 1.17 bits per heavy atom. The third-order valence-corrected chi connectivity index (χ3v) is 4.62. The molecule has 2 amide bonds. The number of nitrogens with zero attached hydrogens (tertiary/aromatic N) is 3. The number of carbonyl (C=O) groups is 2. The molecule has 1 aromatic heterocycles. The number of amides is 2. The van der Waals surface area contributed by atoms with Gasteiger partial charge in [0.15, 0.2) is 0 Å². The van der Waals surface area contributed by atoms with Gasteiger partial charge in [-0.1, -0.05) is 0 Å². The number of anilines is 2. The van der Waals surface area contributed by atoms with Crippen LogP contribution >= 0.6 is 0 Å². The van der Waals surface area contributed by atoms with Gasteiger partial charge in [0.1, 0.15) is 18.4 Å². The van der Waals surface area contributed by atoms with Gasteiger partial charge in [0.25, 0.3) is 0 Å². The van der Waals surface area contributed by atoms with Crippen molar-refractivity contribution >= 4 is 23.2 Å². The van der Waals surface area contributed by atoms with Crippen LogP contribution in [-0.2, 0) is 16.0 Å². The summed E-state index contributed by atoms with van der Waals surface area (Å²) in [5.41, 5.74) is 3.53. The standard InChI is InChI=1S/C21H21N5O3/c27-20(24-16-4-6-17(7-5-16)26-14-22-13-23-26)2-1-11-29-18-8-9-19-15(12-18)3-10-21(28)25-19/h4-9,12-14H,1-3,10-11H2,(H,24,27)(H,25,28). The summed E-state index contributed by atoms with van der Waals surface area (Å²) in [6.07, 6.45) is 5.28. The van der Waals surface area contributed by atoms with Crippen molar-refractivity contribution < 1.29 is 14.3 Å². The maximum Gasteiger partial charge on any atom is 0.224 e. The Morgan fingerprint density at radius 2 is 2.03 bits per heavy atom. The first-order valence-electron chi connectivity index (χ1n) is 9.48. The van der Waals surface area contributed by atoms with Gasteiger partial charge in [-0.2, -0.15) is 5.10 Å². The fourth-order valence-corrected chi connectivity index (χ4v) is 3.13. The third kappa shape index (κ3) is 4.78. The minimum absolute atomic E-state index is 0.0465. The molecule has 0 unspecified atom stereocenters. The van der Waals surface area contributed by atoms with Crippen molar-refractivity contribution in [2.24, 2.45) is 0 Å². The largest absolute Gasteiger partial charge is 0.494 e. The zero-order chi connectivity index (χ0) is 20.1. The first-order valence-corrected chi connectivity index (χ1v) is 9.48. The summed E-state index contributed by atoms with van der Waals surface area (Å²) in [4.78, 5) is 27.4. The van der Waals surface area contributed by atoms with E-state index in [4.69, 9.17) is 4.74 Å². The maximum atomic E-state index is 12.1. The lowest BCUT2D eigenvalue weighted by Gasteiger charge is -2.17. The molecule has 0 saturated heterocycles. The molecule has 8 nitrogen and oxygen atoms in total. The molecule has 2 heterocycles. The topological polar surface area (TPSA) is 98.1 Å². The van der Waals surface area contributed by atoms with E-state index >= 15 is 0 Å². The van der Waals surface area contributed by atoms with E-state index in [2.05, 4.69) is 20.7 Å². The molecule has 1 aliphatic rings. The normalized spacial score (nSPS) is 12.8. The molecule has 0 saturated carbocycles. The maximum absolute atomic E-state index is 12.1. The summed E-state index contributed by atoms with van der Waals surface area (Å²) in [5.74, 6) is 0.740. The molecule has 29 heavy (non-hydrogen) atoms. The van der Waals surface area contributed by atoms with Crippen molar-refractivity contribution in [2.45, 2.75) is 25.7 Å². The molecular weight excluding hydrogens is 370 g/mol. The molecule has 8 heteroatoms. The Morgan fingerprint density at radius 3 is 2.83 bits per heavy atom. The lowest BCUT2D eigenvalue weighted by molar-refractivity contribution is -0.117. The van der Waals surface area contributed by atoms with Crippen LogP contribution in [0.4, 0.5) is 11.4 Å². The number of hydrogen-bond donors (Lipinski definition) is 2. The summed E-state index contributed by atoms with van der Waals surface area (Å²) in [6.45, 7) is 0.448. The molecule has 0 atom stereocenters. The molecule has 0 bridgehead atoms. The highest BCUT2D eigenvalue weighted by molar-refractivity contribution is 5.94. The Kier molecular flexibility index (Phi) is 5.51. The van der Waals surface area contributed by atoms with E-state index in [1.54, 1.807) is 11.0 Å². The lowest BCUT2D eigenvalue weighted by Crippen LogP contribution is -2.18. The van der Waals surface area contributed by atoms with Gasteiger partial charge in [-0.3, -0.25) is 9.59 Å². The first kappa shape index (κ1) is 18.7. The molecule has 1 aliphatic heterocycles. The average molecular weight is 391 g/mol.